The number of thioether (sulfide) groups is 1. The molecule has 4 nitrogen and oxygen atoms in total. The molecule has 0 saturated carbocycles. The molecule has 1 heterocycles. The molecule has 2 N–H and O–H groups in total. The number of benzene rings is 1. The summed E-state index contributed by atoms with van der Waals surface area (Å²) in [4.78, 5) is 13.0. The van der Waals surface area contributed by atoms with Gasteiger partial charge < -0.3 is 15.4 Å². The number of rotatable bonds is 4. The number of nitrogens with one attached hydrogen (secondary N) is 2. The number of carbonyl (C=O) groups is 1. The van der Waals surface area contributed by atoms with Gasteiger partial charge in [0, 0.05) is 29.3 Å². The standard InChI is InChI=1S/C16H24N2O2S/c1-11(18-15(19)20-16(2,3)4)9-17-13-10-21-14-8-6-5-7-12(13)14/h5-8,11,13,17H,9-10H2,1-4H3,(H,18,19). The lowest BCUT2D eigenvalue weighted by molar-refractivity contribution is 0.0508. The maximum Gasteiger partial charge on any atom is 0.407 e. The first-order chi connectivity index (χ1) is 9.85. The summed E-state index contributed by atoms with van der Waals surface area (Å²) >= 11 is 1.87. The van der Waals surface area contributed by atoms with Gasteiger partial charge in [-0.3, -0.25) is 0 Å². The Kier molecular flexibility index (Phi) is 5.17. The Hall–Kier alpha value is -1.20. The fourth-order valence-corrected chi connectivity index (χ4v) is 3.41. The average Bonchev–Trinajstić information content (AvgIpc) is 2.77. The van der Waals surface area contributed by atoms with Crippen LogP contribution in [0.15, 0.2) is 29.2 Å². The van der Waals surface area contributed by atoms with Gasteiger partial charge in [0.1, 0.15) is 5.60 Å². The van der Waals surface area contributed by atoms with Gasteiger partial charge in [-0.25, -0.2) is 4.79 Å². The van der Waals surface area contributed by atoms with E-state index in [-0.39, 0.29) is 12.1 Å². The van der Waals surface area contributed by atoms with Gasteiger partial charge in [-0.2, -0.15) is 0 Å². The van der Waals surface area contributed by atoms with Gasteiger partial charge in [0.2, 0.25) is 0 Å². The van der Waals surface area contributed by atoms with Crippen LogP contribution in [0.2, 0.25) is 0 Å². The molecule has 21 heavy (non-hydrogen) atoms. The van der Waals surface area contributed by atoms with E-state index < -0.39 is 5.60 Å². The summed E-state index contributed by atoms with van der Waals surface area (Å²) in [7, 11) is 0. The lowest BCUT2D eigenvalue weighted by Gasteiger charge is -2.23. The molecule has 0 aromatic heterocycles. The lowest BCUT2D eigenvalue weighted by Crippen LogP contribution is -2.43. The molecule has 1 amide bonds. The van der Waals surface area contributed by atoms with Gasteiger partial charge >= 0.3 is 6.09 Å². The van der Waals surface area contributed by atoms with E-state index in [0.29, 0.717) is 6.04 Å². The number of alkyl carbamates (subject to hydrolysis) is 1. The van der Waals surface area contributed by atoms with Gasteiger partial charge in [0.15, 0.2) is 0 Å². The normalized spacial score (nSPS) is 19.0. The second-order valence-electron chi connectivity index (χ2n) is 6.36. The molecule has 1 aliphatic heterocycles. The van der Waals surface area contributed by atoms with Crippen molar-refractivity contribution >= 4 is 17.9 Å². The Bertz CT molecular complexity index is 499. The third-order valence-corrected chi connectivity index (χ3v) is 4.32. The lowest BCUT2D eigenvalue weighted by atomic mass is 10.1. The van der Waals surface area contributed by atoms with E-state index in [9.17, 15) is 4.79 Å². The van der Waals surface area contributed by atoms with Crippen molar-refractivity contribution in [1.29, 1.82) is 0 Å². The first kappa shape index (κ1) is 16.2. The van der Waals surface area contributed by atoms with Crippen molar-refractivity contribution in [3.63, 3.8) is 0 Å². The smallest absolute Gasteiger partial charge is 0.407 e. The summed E-state index contributed by atoms with van der Waals surface area (Å²) in [5.74, 6) is 1.04. The number of hydrogen-bond donors (Lipinski definition) is 2. The maximum atomic E-state index is 11.7. The molecule has 0 fully saturated rings. The number of ether oxygens (including phenoxy) is 1. The van der Waals surface area contributed by atoms with E-state index in [4.69, 9.17) is 4.74 Å². The van der Waals surface area contributed by atoms with Crippen LogP contribution in [0.4, 0.5) is 4.79 Å². The largest absolute Gasteiger partial charge is 0.444 e. The number of hydrogen-bond acceptors (Lipinski definition) is 4. The molecular weight excluding hydrogens is 284 g/mol. The molecule has 0 aliphatic carbocycles. The summed E-state index contributed by atoms with van der Waals surface area (Å²) in [5, 5.41) is 6.37. The van der Waals surface area contributed by atoms with Crippen LogP contribution < -0.4 is 10.6 Å². The molecule has 1 aliphatic rings. The Labute approximate surface area is 131 Å². The van der Waals surface area contributed by atoms with E-state index in [0.717, 1.165) is 12.3 Å². The quantitative estimate of drug-likeness (QED) is 0.896. The van der Waals surface area contributed by atoms with Crippen LogP contribution >= 0.6 is 11.8 Å². The highest BCUT2D eigenvalue weighted by atomic mass is 32.2. The van der Waals surface area contributed by atoms with Crippen molar-refractivity contribution in [1.82, 2.24) is 10.6 Å². The molecule has 2 unspecified atom stereocenters. The van der Waals surface area contributed by atoms with Crippen LogP contribution in [0.25, 0.3) is 0 Å². The average molecular weight is 308 g/mol. The van der Waals surface area contributed by atoms with Crippen molar-refractivity contribution < 1.29 is 9.53 Å². The van der Waals surface area contributed by atoms with E-state index in [1.54, 1.807) is 0 Å². The Morgan fingerprint density at radius 2 is 2.14 bits per heavy atom. The second-order valence-corrected chi connectivity index (χ2v) is 7.42. The van der Waals surface area contributed by atoms with Crippen molar-refractivity contribution in [3.05, 3.63) is 29.8 Å². The minimum Gasteiger partial charge on any atom is -0.444 e. The Morgan fingerprint density at radius 3 is 2.86 bits per heavy atom. The fraction of sp³-hybridized carbons (Fsp3) is 0.562. The van der Waals surface area contributed by atoms with E-state index in [1.165, 1.54) is 10.5 Å². The molecule has 1 aromatic carbocycles. The van der Waals surface area contributed by atoms with Crippen LogP contribution in [-0.4, -0.2) is 30.0 Å². The molecule has 0 radical (unpaired) electrons. The summed E-state index contributed by atoms with van der Waals surface area (Å²) in [6, 6.07) is 8.85. The van der Waals surface area contributed by atoms with Crippen molar-refractivity contribution in [3.8, 4) is 0 Å². The van der Waals surface area contributed by atoms with Gasteiger partial charge in [0.25, 0.3) is 0 Å². The summed E-state index contributed by atoms with van der Waals surface area (Å²) in [6.07, 6.45) is -0.363. The predicted octanol–water partition coefficient (Wildman–Crippen LogP) is 3.34. The van der Waals surface area contributed by atoms with Crippen LogP contribution in [0, 0.1) is 0 Å². The minimum absolute atomic E-state index is 0.0256. The summed E-state index contributed by atoms with van der Waals surface area (Å²) in [5.41, 5.74) is 0.894. The zero-order chi connectivity index (χ0) is 15.5. The van der Waals surface area contributed by atoms with Gasteiger partial charge in [-0.1, -0.05) is 18.2 Å². The summed E-state index contributed by atoms with van der Waals surface area (Å²) in [6.45, 7) is 8.29. The van der Waals surface area contributed by atoms with Gasteiger partial charge in [-0.05, 0) is 39.3 Å². The van der Waals surface area contributed by atoms with Crippen LogP contribution in [0.5, 0.6) is 0 Å². The predicted molar refractivity (Wildman–Crippen MR) is 86.7 cm³/mol. The van der Waals surface area contributed by atoms with E-state index in [2.05, 4.69) is 34.9 Å². The molecule has 2 rings (SSSR count). The second kappa shape index (κ2) is 6.71. The first-order valence-electron chi connectivity index (χ1n) is 7.30. The highest BCUT2D eigenvalue weighted by Crippen LogP contribution is 2.37. The van der Waals surface area contributed by atoms with Crippen LogP contribution in [-0.2, 0) is 4.74 Å². The first-order valence-corrected chi connectivity index (χ1v) is 8.28. The monoisotopic (exact) mass is 308 g/mol. The molecule has 0 spiro atoms. The third-order valence-electron chi connectivity index (χ3n) is 3.13. The zero-order valence-corrected chi connectivity index (χ0v) is 13.9. The minimum atomic E-state index is -0.460. The number of amides is 1. The van der Waals surface area contributed by atoms with Crippen molar-refractivity contribution in [2.45, 2.75) is 50.3 Å². The molecule has 2 atom stereocenters. The summed E-state index contributed by atoms with van der Waals surface area (Å²) < 4.78 is 5.25. The maximum absolute atomic E-state index is 11.7. The van der Waals surface area contributed by atoms with Crippen molar-refractivity contribution in [2.24, 2.45) is 0 Å². The molecule has 5 heteroatoms. The molecule has 0 bridgehead atoms. The Morgan fingerprint density at radius 1 is 1.43 bits per heavy atom. The van der Waals surface area contributed by atoms with Crippen LogP contribution in [0.1, 0.15) is 39.3 Å². The van der Waals surface area contributed by atoms with Crippen molar-refractivity contribution in [2.75, 3.05) is 12.3 Å². The Balaban J connectivity index is 1.78. The van der Waals surface area contributed by atoms with Gasteiger partial charge in [0.05, 0.1) is 0 Å². The molecule has 116 valence electrons. The number of fused-ring (bicyclic) bond motifs is 1. The van der Waals surface area contributed by atoms with E-state index in [1.807, 2.05) is 39.5 Å². The molecule has 0 saturated heterocycles. The van der Waals surface area contributed by atoms with Gasteiger partial charge in [-0.15, -0.1) is 11.8 Å². The molecular formula is C16H24N2O2S. The zero-order valence-electron chi connectivity index (χ0n) is 13.1. The van der Waals surface area contributed by atoms with E-state index >= 15 is 0 Å². The van der Waals surface area contributed by atoms with Crippen LogP contribution in [0.3, 0.4) is 0 Å². The number of carbonyl (C=O) groups excluding carboxylic acids is 1. The highest BCUT2D eigenvalue weighted by Gasteiger charge is 2.23. The SMILES string of the molecule is CC(CNC1CSc2ccccc21)NC(=O)OC(C)(C)C. The topological polar surface area (TPSA) is 50.4 Å². The third kappa shape index (κ3) is 4.93. The molecule has 1 aromatic rings. The fourth-order valence-electron chi connectivity index (χ4n) is 2.21. The highest BCUT2D eigenvalue weighted by molar-refractivity contribution is 7.99.